The molecule has 0 radical (unpaired) electrons. The fourth-order valence-electron chi connectivity index (χ4n) is 3.35. The zero-order valence-corrected chi connectivity index (χ0v) is 16.4. The zero-order valence-electron chi connectivity index (χ0n) is 16.4. The van der Waals surface area contributed by atoms with Crippen molar-refractivity contribution in [1.29, 1.82) is 0 Å². The van der Waals surface area contributed by atoms with Crippen molar-refractivity contribution >= 4 is 17.5 Å². The molecular weight excluding hydrogens is 360 g/mol. The Balaban J connectivity index is 1.45. The molecule has 1 fully saturated rings. The van der Waals surface area contributed by atoms with Gasteiger partial charge in [0.2, 0.25) is 5.91 Å². The summed E-state index contributed by atoms with van der Waals surface area (Å²) in [5.74, 6) is 0.164. The van der Waals surface area contributed by atoms with Gasteiger partial charge in [-0.3, -0.25) is 9.59 Å². The van der Waals surface area contributed by atoms with E-state index < -0.39 is 0 Å². The molecule has 1 aliphatic rings. The molecule has 2 N–H and O–H groups in total. The fourth-order valence-corrected chi connectivity index (χ4v) is 3.35. The molecule has 0 bridgehead atoms. The summed E-state index contributed by atoms with van der Waals surface area (Å²) in [4.78, 5) is 24.8. The van der Waals surface area contributed by atoms with Crippen LogP contribution >= 0.6 is 0 Å². The maximum absolute atomic E-state index is 12.9. The van der Waals surface area contributed by atoms with Crippen LogP contribution < -0.4 is 10.6 Å². The van der Waals surface area contributed by atoms with Crippen LogP contribution in [0.5, 0.6) is 0 Å². The van der Waals surface area contributed by atoms with E-state index in [1.54, 1.807) is 0 Å². The van der Waals surface area contributed by atoms with E-state index in [4.69, 9.17) is 0 Å². The van der Waals surface area contributed by atoms with Gasteiger partial charge in [-0.2, -0.15) is 0 Å². The first kappa shape index (κ1) is 18.9. The lowest BCUT2D eigenvalue weighted by atomic mass is 9.98. The number of anilines is 1. The standard InChI is InChI=1S/C25H24N2O2/c1-17(18-13-15-21(16-14-18)27-24(28)20-11-12-20)26-25(29)23-10-6-5-9-22(23)19-7-3-2-4-8-19/h2-10,13-17,20H,11-12H2,1H3,(H,26,29)(H,27,28)/t17-/m1/s1. The summed E-state index contributed by atoms with van der Waals surface area (Å²) in [6, 6.07) is 25.0. The number of carbonyl (C=O) groups is 2. The van der Waals surface area contributed by atoms with E-state index in [0.29, 0.717) is 5.56 Å². The molecule has 2 amide bonds. The van der Waals surface area contributed by atoms with Gasteiger partial charge in [-0.1, -0.05) is 60.7 Å². The van der Waals surface area contributed by atoms with Crippen LogP contribution in [0, 0.1) is 5.92 Å². The van der Waals surface area contributed by atoms with Crippen LogP contribution in [0.25, 0.3) is 11.1 Å². The van der Waals surface area contributed by atoms with E-state index in [1.165, 1.54) is 0 Å². The molecular formula is C25H24N2O2. The van der Waals surface area contributed by atoms with Gasteiger partial charge >= 0.3 is 0 Å². The average molecular weight is 384 g/mol. The number of nitrogens with one attached hydrogen (secondary N) is 2. The largest absolute Gasteiger partial charge is 0.345 e. The second-order valence-electron chi connectivity index (χ2n) is 7.49. The summed E-state index contributed by atoms with van der Waals surface area (Å²) in [6.07, 6.45) is 1.97. The van der Waals surface area contributed by atoms with Gasteiger partial charge in [0.05, 0.1) is 6.04 Å². The Bertz CT molecular complexity index is 1010. The molecule has 1 aliphatic carbocycles. The van der Waals surface area contributed by atoms with Crippen LogP contribution in [0.3, 0.4) is 0 Å². The second kappa shape index (κ2) is 8.31. The van der Waals surface area contributed by atoms with E-state index in [-0.39, 0.29) is 23.8 Å². The smallest absolute Gasteiger partial charge is 0.252 e. The number of carbonyl (C=O) groups excluding carboxylic acids is 2. The number of rotatable bonds is 6. The molecule has 29 heavy (non-hydrogen) atoms. The molecule has 146 valence electrons. The van der Waals surface area contributed by atoms with E-state index in [0.717, 1.165) is 35.2 Å². The fraction of sp³-hybridized carbons (Fsp3) is 0.200. The first-order chi connectivity index (χ1) is 14.1. The molecule has 0 aromatic heterocycles. The minimum absolute atomic E-state index is 0.0941. The molecule has 1 saturated carbocycles. The Hall–Kier alpha value is -3.40. The van der Waals surface area contributed by atoms with Crippen molar-refractivity contribution < 1.29 is 9.59 Å². The highest BCUT2D eigenvalue weighted by Gasteiger charge is 2.29. The van der Waals surface area contributed by atoms with Gasteiger partial charge < -0.3 is 10.6 Å². The molecule has 0 saturated heterocycles. The van der Waals surface area contributed by atoms with E-state index >= 15 is 0 Å². The topological polar surface area (TPSA) is 58.2 Å². The first-order valence-corrected chi connectivity index (χ1v) is 9.98. The van der Waals surface area contributed by atoms with E-state index in [1.807, 2.05) is 85.8 Å². The van der Waals surface area contributed by atoms with Crippen LogP contribution in [0.2, 0.25) is 0 Å². The molecule has 4 heteroatoms. The summed E-state index contributed by atoms with van der Waals surface area (Å²) >= 11 is 0. The van der Waals surface area contributed by atoms with Crippen LogP contribution in [0.1, 0.15) is 41.7 Å². The first-order valence-electron chi connectivity index (χ1n) is 9.98. The summed E-state index contributed by atoms with van der Waals surface area (Å²) in [5.41, 5.74) is 4.36. The number of amides is 2. The van der Waals surface area contributed by atoms with Gasteiger partial charge in [0, 0.05) is 17.2 Å². The van der Waals surface area contributed by atoms with Gasteiger partial charge in [-0.25, -0.2) is 0 Å². The van der Waals surface area contributed by atoms with Gasteiger partial charge in [-0.05, 0) is 54.7 Å². The third kappa shape index (κ3) is 4.54. The Kier molecular flexibility index (Phi) is 5.43. The quantitative estimate of drug-likeness (QED) is 0.614. The zero-order chi connectivity index (χ0) is 20.2. The Morgan fingerprint density at radius 1 is 0.862 bits per heavy atom. The summed E-state index contributed by atoms with van der Waals surface area (Å²) in [5, 5.41) is 6.02. The lowest BCUT2D eigenvalue weighted by molar-refractivity contribution is -0.117. The SMILES string of the molecule is C[C@@H](NC(=O)c1ccccc1-c1ccccc1)c1ccc(NC(=O)C2CC2)cc1. The molecule has 0 unspecified atom stereocenters. The molecule has 0 spiro atoms. The molecule has 0 heterocycles. The Morgan fingerprint density at radius 3 is 2.21 bits per heavy atom. The highest BCUT2D eigenvalue weighted by molar-refractivity contribution is 6.01. The molecule has 1 atom stereocenters. The monoisotopic (exact) mass is 384 g/mol. The van der Waals surface area contributed by atoms with Crippen molar-refractivity contribution in [3.63, 3.8) is 0 Å². The van der Waals surface area contributed by atoms with E-state index in [2.05, 4.69) is 10.6 Å². The highest BCUT2D eigenvalue weighted by atomic mass is 16.2. The number of benzene rings is 3. The van der Waals surface area contributed by atoms with Crippen LogP contribution in [-0.4, -0.2) is 11.8 Å². The van der Waals surface area contributed by atoms with Gasteiger partial charge in [-0.15, -0.1) is 0 Å². The van der Waals surface area contributed by atoms with Crippen LogP contribution in [-0.2, 0) is 4.79 Å². The molecule has 0 aliphatic heterocycles. The summed E-state index contributed by atoms with van der Waals surface area (Å²) in [6.45, 7) is 1.96. The minimum atomic E-state index is -0.153. The van der Waals surface area contributed by atoms with Crippen molar-refractivity contribution in [2.75, 3.05) is 5.32 Å². The van der Waals surface area contributed by atoms with Crippen molar-refractivity contribution in [3.05, 3.63) is 90.0 Å². The Morgan fingerprint density at radius 2 is 1.52 bits per heavy atom. The molecule has 3 aromatic rings. The van der Waals surface area contributed by atoms with Crippen molar-refractivity contribution in [2.24, 2.45) is 5.92 Å². The predicted molar refractivity (Wildman–Crippen MR) is 116 cm³/mol. The third-order valence-electron chi connectivity index (χ3n) is 5.23. The summed E-state index contributed by atoms with van der Waals surface area (Å²) in [7, 11) is 0. The average Bonchev–Trinajstić information content (AvgIpc) is 3.60. The van der Waals surface area contributed by atoms with Gasteiger partial charge in [0.15, 0.2) is 0 Å². The minimum Gasteiger partial charge on any atom is -0.345 e. The maximum atomic E-state index is 12.9. The third-order valence-corrected chi connectivity index (χ3v) is 5.23. The highest BCUT2D eigenvalue weighted by Crippen LogP contribution is 2.30. The molecule has 4 rings (SSSR count). The maximum Gasteiger partial charge on any atom is 0.252 e. The van der Waals surface area contributed by atoms with Crippen LogP contribution in [0.15, 0.2) is 78.9 Å². The van der Waals surface area contributed by atoms with Crippen LogP contribution in [0.4, 0.5) is 5.69 Å². The normalized spacial score (nSPS) is 14.1. The van der Waals surface area contributed by atoms with Crippen molar-refractivity contribution in [3.8, 4) is 11.1 Å². The lowest BCUT2D eigenvalue weighted by Crippen LogP contribution is -2.27. The molecule has 4 nitrogen and oxygen atoms in total. The van der Waals surface area contributed by atoms with Crippen molar-refractivity contribution in [2.45, 2.75) is 25.8 Å². The summed E-state index contributed by atoms with van der Waals surface area (Å²) < 4.78 is 0. The second-order valence-corrected chi connectivity index (χ2v) is 7.49. The van der Waals surface area contributed by atoms with Crippen molar-refractivity contribution in [1.82, 2.24) is 5.32 Å². The number of hydrogen-bond donors (Lipinski definition) is 2. The number of hydrogen-bond acceptors (Lipinski definition) is 2. The van der Waals surface area contributed by atoms with Gasteiger partial charge in [0.25, 0.3) is 5.91 Å². The Labute approximate surface area is 171 Å². The lowest BCUT2D eigenvalue weighted by Gasteiger charge is -2.17. The van der Waals surface area contributed by atoms with E-state index in [9.17, 15) is 9.59 Å². The molecule has 3 aromatic carbocycles. The predicted octanol–water partition coefficient (Wildman–Crippen LogP) is 5.19. The van der Waals surface area contributed by atoms with Gasteiger partial charge in [0.1, 0.15) is 0 Å².